The summed E-state index contributed by atoms with van der Waals surface area (Å²) >= 11 is 0. The average Bonchev–Trinajstić information content (AvgIpc) is 3.19. The van der Waals surface area contributed by atoms with Crippen molar-refractivity contribution in [1.29, 1.82) is 0 Å². The number of nitrogens with one attached hydrogen (secondary N) is 1. The van der Waals surface area contributed by atoms with Gasteiger partial charge in [0.25, 0.3) is 0 Å². The van der Waals surface area contributed by atoms with Crippen LogP contribution in [-0.2, 0) is 4.74 Å². The van der Waals surface area contributed by atoms with Crippen molar-refractivity contribution in [3.05, 3.63) is 0 Å². The van der Waals surface area contributed by atoms with Crippen LogP contribution in [-0.4, -0.2) is 48.3 Å². The van der Waals surface area contributed by atoms with Gasteiger partial charge >= 0.3 is 0 Å². The Labute approximate surface area is 124 Å². The second kappa shape index (κ2) is 5.94. The lowest BCUT2D eigenvalue weighted by Gasteiger charge is -2.49. The zero-order valence-corrected chi connectivity index (χ0v) is 13.5. The van der Waals surface area contributed by atoms with Crippen molar-refractivity contribution in [3.63, 3.8) is 0 Å². The lowest BCUT2D eigenvalue weighted by molar-refractivity contribution is -0.0259. The molecule has 1 aliphatic carbocycles. The first-order valence-corrected chi connectivity index (χ1v) is 8.75. The number of rotatable bonds is 5. The number of piperazine rings is 1. The fraction of sp³-hybridized carbons (Fsp3) is 1.00. The molecule has 20 heavy (non-hydrogen) atoms. The van der Waals surface area contributed by atoms with Gasteiger partial charge in [0.1, 0.15) is 0 Å². The highest BCUT2D eigenvalue weighted by Gasteiger charge is 2.48. The smallest absolute Gasteiger partial charge is 0.0706 e. The molecular weight excluding hydrogens is 248 g/mol. The summed E-state index contributed by atoms with van der Waals surface area (Å²) < 4.78 is 6.09. The van der Waals surface area contributed by atoms with E-state index in [0.717, 1.165) is 12.5 Å². The van der Waals surface area contributed by atoms with E-state index in [1.807, 2.05) is 0 Å². The molecule has 3 rings (SSSR count). The topological polar surface area (TPSA) is 24.5 Å². The highest BCUT2D eigenvalue weighted by molar-refractivity contribution is 5.05. The highest BCUT2D eigenvalue weighted by Crippen LogP contribution is 2.44. The fourth-order valence-corrected chi connectivity index (χ4v) is 4.20. The second-order valence-corrected chi connectivity index (χ2v) is 7.55. The summed E-state index contributed by atoms with van der Waals surface area (Å²) in [5.41, 5.74) is 0.374. The van der Waals surface area contributed by atoms with Crippen LogP contribution >= 0.6 is 0 Å². The summed E-state index contributed by atoms with van der Waals surface area (Å²) in [4.78, 5) is 2.78. The van der Waals surface area contributed by atoms with E-state index in [0.29, 0.717) is 23.8 Å². The normalized spacial score (nSPS) is 43.0. The molecule has 3 fully saturated rings. The number of nitrogens with zero attached hydrogens (tertiary/aromatic N) is 1. The molecule has 4 unspecified atom stereocenters. The van der Waals surface area contributed by atoms with E-state index < -0.39 is 0 Å². The molecule has 0 radical (unpaired) electrons. The van der Waals surface area contributed by atoms with Gasteiger partial charge in [0.05, 0.1) is 12.2 Å². The molecule has 0 bridgehead atoms. The summed E-state index contributed by atoms with van der Waals surface area (Å²) in [6.07, 6.45) is 8.89. The minimum Gasteiger partial charge on any atom is -0.374 e. The van der Waals surface area contributed by atoms with E-state index in [1.165, 1.54) is 51.6 Å². The van der Waals surface area contributed by atoms with Crippen LogP contribution in [0.4, 0.5) is 0 Å². The molecule has 0 aromatic heterocycles. The second-order valence-electron chi connectivity index (χ2n) is 7.55. The van der Waals surface area contributed by atoms with E-state index >= 15 is 0 Å². The molecule has 3 aliphatic rings. The number of hydrogen-bond acceptors (Lipinski definition) is 3. The molecular formula is C17H32N2O. The lowest BCUT2D eigenvalue weighted by Crippen LogP contribution is -2.65. The van der Waals surface area contributed by atoms with Crippen molar-refractivity contribution in [1.82, 2.24) is 10.2 Å². The molecule has 3 heteroatoms. The first-order chi connectivity index (χ1) is 9.61. The zero-order chi connectivity index (χ0) is 14.2. The van der Waals surface area contributed by atoms with Gasteiger partial charge in [-0.05, 0) is 51.9 Å². The van der Waals surface area contributed by atoms with Crippen molar-refractivity contribution in [2.45, 2.75) is 83.1 Å². The molecule has 4 atom stereocenters. The Bertz CT molecular complexity index is 331. The maximum Gasteiger partial charge on any atom is 0.0706 e. The molecule has 2 aliphatic heterocycles. The van der Waals surface area contributed by atoms with Gasteiger partial charge in [-0.1, -0.05) is 13.3 Å². The van der Waals surface area contributed by atoms with Crippen molar-refractivity contribution in [2.75, 3.05) is 19.6 Å². The summed E-state index contributed by atoms with van der Waals surface area (Å²) in [6, 6.07) is 0.686. The predicted molar refractivity (Wildman–Crippen MR) is 83.0 cm³/mol. The van der Waals surface area contributed by atoms with E-state index in [1.54, 1.807) is 0 Å². The van der Waals surface area contributed by atoms with Gasteiger partial charge in [-0.2, -0.15) is 0 Å². The van der Waals surface area contributed by atoms with E-state index in [4.69, 9.17) is 4.74 Å². The monoisotopic (exact) mass is 280 g/mol. The van der Waals surface area contributed by atoms with Crippen molar-refractivity contribution >= 4 is 0 Å². The molecule has 1 saturated carbocycles. The van der Waals surface area contributed by atoms with Crippen LogP contribution in [0.1, 0.15) is 59.3 Å². The van der Waals surface area contributed by atoms with Gasteiger partial charge in [-0.25, -0.2) is 0 Å². The minimum absolute atomic E-state index is 0.374. The van der Waals surface area contributed by atoms with Crippen molar-refractivity contribution in [2.24, 2.45) is 5.92 Å². The van der Waals surface area contributed by atoms with E-state index in [9.17, 15) is 0 Å². The summed E-state index contributed by atoms with van der Waals surface area (Å²) in [5.74, 6) is 0.913. The van der Waals surface area contributed by atoms with Gasteiger partial charge in [0.2, 0.25) is 0 Å². The van der Waals surface area contributed by atoms with Crippen LogP contribution in [0.3, 0.4) is 0 Å². The van der Waals surface area contributed by atoms with E-state index in [-0.39, 0.29) is 0 Å². The van der Waals surface area contributed by atoms with Gasteiger partial charge < -0.3 is 10.1 Å². The molecule has 0 amide bonds. The largest absolute Gasteiger partial charge is 0.374 e. The maximum atomic E-state index is 6.09. The Morgan fingerprint density at radius 2 is 2.05 bits per heavy atom. The van der Waals surface area contributed by atoms with Crippen LogP contribution in [0, 0.1) is 5.92 Å². The third-order valence-electron chi connectivity index (χ3n) is 5.75. The highest BCUT2D eigenvalue weighted by atomic mass is 16.5. The molecule has 0 aromatic carbocycles. The van der Waals surface area contributed by atoms with Gasteiger partial charge in [-0.3, -0.25) is 4.90 Å². The number of ether oxygens (including phenoxy) is 1. The van der Waals surface area contributed by atoms with Crippen LogP contribution in [0.15, 0.2) is 0 Å². The Morgan fingerprint density at radius 1 is 1.25 bits per heavy atom. The summed E-state index contributed by atoms with van der Waals surface area (Å²) in [7, 11) is 0. The molecule has 0 spiro atoms. The first-order valence-electron chi connectivity index (χ1n) is 8.75. The van der Waals surface area contributed by atoms with Gasteiger partial charge in [-0.15, -0.1) is 0 Å². The molecule has 2 saturated heterocycles. The van der Waals surface area contributed by atoms with Crippen LogP contribution < -0.4 is 5.32 Å². The Hall–Kier alpha value is -0.120. The Balaban J connectivity index is 1.64. The third kappa shape index (κ3) is 3.05. The quantitative estimate of drug-likeness (QED) is 0.838. The standard InChI is InChI=1S/C17H32N2O/c1-4-5-15-10-19(11-16-9-6-13(2)20-16)17(3,12-18-15)14-7-8-14/h13-16,18H,4-12H2,1-3H3. The summed E-state index contributed by atoms with van der Waals surface area (Å²) in [6.45, 7) is 10.5. The third-order valence-corrected chi connectivity index (χ3v) is 5.75. The predicted octanol–water partition coefficient (Wildman–Crippen LogP) is 2.80. The lowest BCUT2D eigenvalue weighted by atomic mass is 9.88. The van der Waals surface area contributed by atoms with E-state index in [2.05, 4.69) is 31.0 Å². The van der Waals surface area contributed by atoms with Crippen molar-refractivity contribution in [3.8, 4) is 0 Å². The maximum absolute atomic E-state index is 6.09. The summed E-state index contributed by atoms with van der Waals surface area (Å²) in [5, 5.41) is 3.81. The Kier molecular flexibility index (Phi) is 4.40. The van der Waals surface area contributed by atoms with Crippen LogP contribution in [0.25, 0.3) is 0 Å². The van der Waals surface area contributed by atoms with Gasteiger partial charge in [0, 0.05) is 31.2 Å². The molecule has 0 aromatic rings. The SMILES string of the molecule is CCCC1CN(CC2CCC(C)O2)C(C)(C2CC2)CN1. The zero-order valence-electron chi connectivity index (χ0n) is 13.5. The fourth-order valence-electron chi connectivity index (χ4n) is 4.20. The number of hydrogen-bond donors (Lipinski definition) is 1. The Morgan fingerprint density at radius 3 is 2.65 bits per heavy atom. The molecule has 3 nitrogen and oxygen atoms in total. The average molecular weight is 280 g/mol. The first kappa shape index (κ1) is 14.8. The van der Waals surface area contributed by atoms with Crippen LogP contribution in [0.5, 0.6) is 0 Å². The molecule has 2 heterocycles. The minimum atomic E-state index is 0.374. The van der Waals surface area contributed by atoms with Gasteiger partial charge in [0.15, 0.2) is 0 Å². The van der Waals surface area contributed by atoms with Crippen molar-refractivity contribution < 1.29 is 4.74 Å². The molecule has 1 N–H and O–H groups in total. The molecule has 116 valence electrons. The van der Waals surface area contributed by atoms with Crippen LogP contribution in [0.2, 0.25) is 0 Å².